The van der Waals surface area contributed by atoms with Gasteiger partial charge in [0.2, 0.25) is 0 Å². The van der Waals surface area contributed by atoms with Crippen LogP contribution in [0.3, 0.4) is 0 Å². The van der Waals surface area contributed by atoms with E-state index in [1.54, 1.807) is 12.1 Å². The summed E-state index contributed by atoms with van der Waals surface area (Å²) in [5, 5.41) is 12.6. The fourth-order valence-electron chi connectivity index (χ4n) is 2.33. The number of ether oxygens (including phenoxy) is 2. The van der Waals surface area contributed by atoms with Gasteiger partial charge in [-0.2, -0.15) is 0 Å². The van der Waals surface area contributed by atoms with Crippen molar-refractivity contribution in [2.24, 2.45) is 0 Å². The lowest BCUT2D eigenvalue weighted by Crippen LogP contribution is -2.18. The Morgan fingerprint density at radius 3 is 2.43 bits per heavy atom. The first-order valence-electron chi connectivity index (χ1n) is 7.18. The summed E-state index contributed by atoms with van der Waals surface area (Å²) in [6, 6.07) is 13.4. The van der Waals surface area contributed by atoms with Crippen molar-refractivity contribution < 1.29 is 14.6 Å². The molecule has 0 amide bonds. The average Bonchev–Trinajstić information content (AvgIpc) is 2.53. The van der Waals surface area contributed by atoms with E-state index in [1.165, 1.54) is 11.1 Å². The molecule has 0 unspecified atom stereocenters. The third-order valence-corrected chi connectivity index (χ3v) is 3.46. The fraction of sp³-hybridized carbons (Fsp3) is 0.294. The zero-order chi connectivity index (χ0) is 14.5. The van der Waals surface area contributed by atoms with Crippen LogP contribution in [0.25, 0.3) is 0 Å². The lowest BCUT2D eigenvalue weighted by Gasteiger charge is -2.19. The molecule has 0 fully saturated rings. The summed E-state index contributed by atoms with van der Waals surface area (Å²) in [7, 11) is 0. The van der Waals surface area contributed by atoms with Crippen LogP contribution in [0.4, 0.5) is 0 Å². The molecule has 1 aliphatic rings. The van der Waals surface area contributed by atoms with E-state index < -0.39 is 0 Å². The van der Waals surface area contributed by atoms with E-state index in [0.717, 1.165) is 31.0 Å². The number of rotatable bonds is 5. The Balaban J connectivity index is 1.48. The van der Waals surface area contributed by atoms with E-state index in [-0.39, 0.29) is 0 Å². The monoisotopic (exact) mass is 285 g/mol. The summed E-state index contributed by atoms with van der Waals surface area (Å²) < 4.78 is 11.1. The van der Waals surface area contributed by atoms with Gasteiger partial charge in [-0.3, -0.25) is 0 Å². The highest BCUT2D eigenvalue weighted by Crippen LogP contribution is 2.30. The number of phenolic OH excluding ortho intramolecular Hbond substituents is 1. The number of nitrogens with one attached hydrogen (secondary N) is 1. The van der Waals surface area contributed by atoms with Gasteiger partial charge in [0.15, 0.2) is 11.5 Å². The first-order valence-corrected chi connectivity index (χ1v) is 7.18. The minimum absolute atomic E-state index is 0.308. The quantitative estimate of drug-likeness (QED) is 0.829. The number of fused-ring (bicyclic) bond motifs is 1. The van der Waals surface area contributed by atoms with Crippen molar-refractivity contribution in [1.29, 1.82) is 0 Å². The van der Waals surface area contributed by atoms with E-state index in [4.69, 9.17) is 9.47 Å². The van der Waals surface area contributed by atoms with E-state index in [1.807, 2.05) is 24.3 Å². The van der Waals surface area contributed by atoms with Gasteiger partial charge in [0.05, 0.1) is 0 Å². The van der Waals surface area contributed by atoms with Gasteiger partial charge < -0.3 is 19.9 Å². The summed E-state index contributed by atoms with van der Waals surface area (Å²) in [4.78, 5) is 0. The first-order chi connectivity index (χ1) is 10.3. The van der Waals surface area contributed by atoms with Crippen LogP contribution in [-0.4, -0.2) is 24.9 Å². The second kappa shape index (κ2) is 6.50. The van der Waals surface area contributed by atoms with Gasteiger partial charge in [-0.05, 0) is 48.4 Å². The SMILES string of the molecule is Oc1ccc(CCNCc2ccc3c(c2)OCCO3)cc1. The maximum Gasteiger partial charge on any atom is 0.161 e. The van der Waals surface area contributed by atoms with E-state index in [0.29, 0.717) is 19.0 Å². The Bertz CT molecular complexity index is 595. The predicted octanol–water partition coefficient (Wildman–Crippen LogP) is 2.50. The van der Waals surface area contributed by atoms with Crippen molar-refractivity contribution in [2.45, 2.75) is 13.0 Å². The normalized spacial score (nSPS) is 13.1. The molecule has 0 atom stereocenters. The van der Waals surface area contributed by atoms with Crippen molar-refractivity contribution in [3.8, 4) is 17.2 Å². The van der Waals surface area contributed by atoms with Crippen LogP contribution in [0.2, 0.25) is 0 Å². The zero-order valence-electron chi connectivity index (χ0n) is 11.8. The molecular formula is C17H19NO3. The maximum atomic E-state index is 9.24. The summed E-state index contributed by atoms with van der Waals surface area (Å²) in [5.41, 5.74) is 2.40. The molecule has 0 radical (unpaired) electrons. The second-order valence-corrected chi connectivity index (χ2v) is 5.07. The van der Waals surface area contributed by atoms with E-state index >= 15 is 0 Å². The number of aromatic hydroxyl groups is 1. The standard InChI is InChI=1S/C17H19NO3/c19-15-4-1-13(2-5-15)7-8-18-12-14-3-6-16-17(11-14)21-10-9-20-16/h1-6,11,18-19H,7-10,12H2. The van der Waals surface area contributed by atoms with Gasteiger partial charge in [-0.25, -0.2) is 0 Å². The molecule has 1 aliphatic heterocycles. The van der Waals surface area contributed by atoms with Crippen LogP contribution in [0, 0.1) is 0 Å². The molecule has 1 heterocycles. The zero-order valence-corrected chi connectivity index (χ0v) is 11.8. The Morgan fingerprint density at radius 2 is 1.62 bits per heavy atom. The van der Waals surface area contributed by atoms with Crippen LogP contribution in [0.15, 0.2) is 42.5 Å². The number of benzene rings is 2. The molecule has 0 aromatic heterocycles. The Labute approximate surface area is 124 Å². The van der Waals surface area contributed by atoms with Crippen LogP contribution in [0.1, 0.15) is 11.1 Å². The molecule has 4 heteroatoms. The molecule has 4 nitrogen and oxygen atoms in total. The highest BCUT2D eigenvalue weighted by molar-refractivity contribution is 5.43. The average molecular weight is 285 g/mol. The van der Waals surface area contributed by atoms with Crippen molar-refractivity contribution in [3.05, 3.63) is 53.6 Å². The third kappa shape index (κ3) is 3.67. The van der Waals surface area contributed by atoms with E-state index in [9.17, 15) is 5.11 Å². The third-order valence-electron chi connectivity index (χ3n) is 3.46. The molecule has 21 heavy (non-hydrogen) atoms. The highest BCUT2D eigenvalue weighted by Gasteiger charge is 2.11. The minimum atomic E-state index is 0.308. The van der Waals surface area contributed by atoms with Crippen LogP contribution < -0.4 is 14.8 Å². The summed E-state index contributed by atoms with van der Waals surface area (Å²) in [5.74, 6) is 1.97. The summed E-state index contributed by atoms with van der Waals surface area (Å²) in [6.45, 7) is 2.93. The molecule has 0 bridgehead atoms. The molecule has 0 saturated carbocycles. The smallest absolute Gasteiger partial charge is 0.161 e. The Morgan fingerprint density at radius 1 is 0.905 bits per heavy atom. The first kappa shape index (κ1) is 13.8. The summed E-state index contributed by atoms with van der Waals surface area (Å²) >= 11 is 0. The lowest BCUT2D eigenvalue weighted by molar-refractivity contribution is 0.171. The Kier molecular flexibility index (Phi) is 4.26. The number of hydrogen-bond donors (Lipinski definition) is 2. The fourth-order valence-corrected chi connectivity index (χ4v) is 2.33. The Hall–Kier alpha value is -2.20. The van der Waals surface area contributed by atoms with Gasteiger partial charge in [0.25, 0.3) is 0 Å². The molecule has 2 aromatic carbocycles. The number of phenols is 1. The molecule has 2 aromatic rings. The summed E-state index contributed by atoms with van der Waals surface area (Å²) in [6.07, 6.45) is 0.935. The van der Waals surface area contributed by atoms with Crippen LogP contribution in [0.5, 0.6) is 17.2 Å². The van der Waals surface area contributed by atoms with Crippen molar-refractivity contribution in [3.63, 3.8) is 0 Å². The topological polar surface area (TPSA) is 50.7 Å². The lowest BCUT2D eigenvalue weighted by atomic mass is 10.1. The van der Waals surface area contributed by atoms with Crippen molar-refractivity contribution in [1.82, 2.24) is 5.32 Å². The molecular weight excluding hydrogens is 266 g/mol. The number of hydrogen-bond acceptors (Lipinski definition) is 4. The second-order valence-electron chi connectivity index (χ2n) is 5.07. The van der Waals surface area contributed by atoms with Gasteiger partial charge in [0, 0.05) is 6.54 Å². The molecule has 110 valence electrons. The molecule has 0 aliphatic carbocycles. The molecule has 3 rings (SSSR count). The molecule has 0 spiro atoms. The van der Waals surface area contributed by atoms with Gasteiger partial charge in [0.1, 0.15) is 19.0 Å². The largest absolute Gasteiger partial charge is 0.508 e. The van der Waals surface area contributed by atoms with Gasteiger partial charge in [-0.15, -0.1) is 0 Å². The predicted molar refractivity (Wildman–Crippen MR) is 80.9 cm³/mol. The van der Waals surface area contributed by atoms with Crippen molar-refractivity contribution >= 4 is 0 Å². The van der Waals surface area contributed by atoms with Gasteiger partial charge >= 0.3 is 0 Å². The highest BCUT2D eigenvalue weighted by atomic mass is 16.6. The molecule has 0 saturated heterocycles. The molecule has 2 N–H and O–H groups in total. The maximum absolute atomic E-state index is 9.24. The van der Waals surface area contributed by atoms with Crippen LogP contribution >= 0.6 is 0 Å². The van der Waals surface area contributed by atoms with Crippen molar-refractivity contribution in [2.75, 3.05) is 19.8 Å². The minimum Gasteiger partial charge on any atom is -0.508 e. The van der Waals surface area contributed by atoms with Crippen LogP contribution in [-0.2, 0) is 13.0 Å². The van der Waals surface area contributed by atoms with Gasteiger partial charge in [-0.1, -0.05) is 18.2 Å². The van der Waals surface area contributed by atoms with E-state index in [2.05, 4.69) is 11.4 Å².